The van der Waals surface area contributed by atoms with E-state index in [1.54, 1.807) is 0 Å². The lowest BCUT2D eigenvalue weighted by atomic mass is 10.0. The van der Waals surface area contributed by atoms with Crippen LogP contribution in [0.3, 0.4) is 0 Å². The van der Waals surface area contributed by atoms with Gasteiger partial charge in [0.15, 0.2) is 16.9 Å². The molecule has 0 unspecified atom stereocenters. The van der Waals surface area contributed by atoms with Gasteiger partial charge in [0.05, 0.1) is 0 Å². The summed E-state index contributed by atoms with van der Waals surface area (Å²) in [6, 6.07) is -1.66. The highest BCUT2D eigenvalue weighted by Gasteiger charge is 2.52. The van der Waals surface area contributed by atoms with Crippen molar-refractivity contribution in [3.8, 4) is 0 Å². The number of thiazole rings is 1. The molecule has 1 saturated heterocycles. The molecule has 1 aromatic rings. The van der Waals surface area contributed by atoms with Crippen LogP contribution in [0.25, 0.3) is 0 Å². The maximum absolute atomic E-state index is 12.5. The Balaban J connectivity index is 2.24. The van der Waals surface area contributed by atoms with Crippen molar-refractivity contribution in [1.29, 1.82) is 0 Å². The Hall–Kier alpha value is -3.46. The van der Waals surface area contributed by atoms with Gasteiger partial charge in [0, 0.05) is 23.6 Å². The molecule has 0 aromatic carbocycles. The largest absolute Gasteiger partial charge is 0.477 e. The number of carbonyl (C=O) groups is 5. The summed E-state index contributed by atoms with van der Waals surface area (Å²) >= 11 is 4.99. The Bertz CT molecular complexity index is 986. The maximum Gasteiger partial charge on any atom is 0.353 e. The first kappa shape index (κ1) is 23.8. The number of nitrogen functional groups attached to an aromatic ring is 1. The lowest BCUT2D eigenvalue weighted by molar-refractivity contribution is -0.162. The third kappa shape index (κ3) is 5.18. The second-order valence-corrected chi connectivity index (χ2v) is 7.01. The van der Waals surface area contributed by atoms with Crippen molar-refractivity contribution < 1.29 is 38.7 Å². The number of aliphatic carboxylic acids is 1. The van der Waals surface area contributed by atoms with Crippen molar-refractivity contribution in [2.75, 3.05) is 25.2 Å². The van der Waals surface area contributed by atoms with E-state index in [1.807, 2.05) is 0 Å². The number of rotatable bonds is 9. The topological polar surface area (TPSA) is 191 Å². The van der Waals surface area contributed by atoms with Crippen molar-refractivity contribution in [3.05, 3.63) is 22.3 Å². The lowest BCUT2D eigenvalue weighted by Gasteiger charge is -2.36. The molecule has 0 spiro atoms. The molecule has 1 fully saturated rings. The van der Waals surface area contributed by atoms with Gasteiger partial charge < -0.3 is 25.7 Å². The molecule has 31 heavy (non-hydrogen) atoms. The van der Waals surface area contributed by atoms with E-state index in [1.165, 1.54) is 12.5 Å². The average Bonchev–Trinajstić information content (AvgIpc) is 3.14. The number of imide groups is 1. The van der Waals surface area contributed by atoms with E-state index in [0.717, 1.165) is 18.3 Å². The van der Waals surface area contributed by atoms with E-state index in [4.69, 9.17) is 10.5 Å². The molecule has 0 atom stereocenters. The first-order valence-corrected chi connectivity index (χ1v) is 9.84. The van der Waals surface area contributed by atoms with Gasteiger partial charge in [-0.3, -0.25) is 19.2 Å². The van der Waals surface area contributed by atoms with E-state index >= 15 is 0 Å². The van der Waals surface area contributed by atoms with Crippen molar-refractivity contribution in [3.63, 3.8) is 0 Å². The number of hydrogen-bond acceptors (Lipinski definition) is 12. The van der Waals surface area contributed by atoms with Crippen molar-refractivity contribution in [2.45, 2.75) is 13.0 Å². The zero-order valence-electron chi connectivity index (χ0n) is 16.1. The molecule has 1 aliphatic heterocycles. The number of carboxylic acid groups (broad SMARTS) is 1. The van der Waals surface area contributed by atoms with Crippen LogP contribution >= 0.6 is 24.0 Å². The number of β-lactam (4-membered cyclic amide) rings is 2. The predicted octanol–water partition coefficient (Wildman–Crippen LogP) is -1.24. The van der Waals surface area contributed by atoms with Gasteiger partial charge in [-0.05, 0) is 0 Å². The standard InChI is InChI=1S/C16H17N5O8S2/c1-6(22)29-3-7(4-30)11(15(26)27)21-13(24)10(14(21)25)19-12(23)9(20-28-2)8-5-31-16(17)18-8/h5,10,30H,3-4H2,1-2H3,(H2,17,18)(H,19,23)(H,26,27)/b11-7?,20-9-. The minimum Gasteiger partial charge on any atom is -0.477 e. The molecule has 1 aromatic heterocycles. The van der Waals surface area contributed by atoms with Crippen molar-refractivity contribution in [2.24, 2.45) is 5.16 Å². The summed E-state index contributed by atoms with van der Waals surface area (Å²) in [6.07, 6.45) is 0. The quantitative estimate of drug-likeness (QED) is 0.0644. The molecule has 166 valence electrons. The number of aromatic nitrogens is 1. The first-order chi connectivity index (χ1) is 14.6. The number of thiol groups is 1. The molecule has 3 amide bonds. The number of nitrogens with two attached hydrogens (primary N) is 1. The summed E-state index contributed by atoms with van der Waals surface area (Å²) in [5.41, 5.74) is 4.46. The van der Waals surface area contributed by atoms with Gasteiger partial charge in [0.2, 0.25) is 0 Å². The van der Waals surface area contributed by atoms with E-state index < -0.39 is 48.0 Å². The smallest absolute Gasteiger partial charge is 0.353 e. The molecule has 4 N–H and O–H groups in total. The van der Waals surface area contributed by atoms with Crippen LogP contribution in [0.15, 0.2) is 21.8 Å². The highest BCUT2D eigenvalue weighted by atomic mass is 32.1. The number of ether oxygens (including phenoxy) is 1. The monoisotopic (exact) mass is 471 g/mol. The van der Waals surface area contributed by atoms with E-state index in [0.29, 0.717) is 4.90 Å². The minimum atomic E-state index is -1.66. The Kier molecular flexibility index (Phi) is 7.71. The Morgan fingerprint density at radius 2 is 2.03 bits per heavy atom. The zero-order valence-corrected chi connectivity index (χ0v) is 17.9. The highest BCUT2D eigenvalue weighted by molar-refractivity contribution is 7.80. The van der Waals surface area contributed by atoms with Crippen LogP contribution in [0, 0.1) is 0 Å². The summed E-state index contributed by atoms with van der Waals surface area (Å²) < 4.78 is 4.74. The summed E-state index contributed by atoms with van der Waals surface area (Å²) in [5.74, 6) is -5.49. The molecule has 0 saturated carbocycles. The summed E-state index contributed by atoms with van der Waals surface area (Å²) in [4.78, 5) is 69.0. The average molecular weight is 471 g/mol. The van der Waals surface area contributed by atoms with Gasteiger partial charge in [-0.25, -0.2) is 14.7 Å². The molecule has 0 aliphatic carbocycles. The number of anilines is 1. The predicted molar refractivity (Wildman–Crippen MR) is 109 cm³/mol. The van der Waals surface area contributed by atoms with Crippen LogP contribution in [-0.4, -0.2) is 75.9 Å². The van der Waals surface area contributed by atoms with Gasteiger partial charge in [0.1, 0.15) is 25.1 Å². The molecule has 0 bridgehead atoms. The molecular weight excluding hydrogens is 454 g/mol. The second-order valence-electron chi connectivity index (χ2n) is 5.81. The molecular formula is C16H17N5O8S2. The molecule has 15 heteroatoms. The maximum atomic E-state index is 12.5. The van der Waals surface area contributed by atoms with Crippen molar-refractivity contribution in [1.82, 2.24) is 15.2 Å². The number of nitrogens with zero attached hydrogens (tertiary/aromatic N) is 3. The number of oxime groups is 1. The molecule has 2 rings (SSSR count). The van der Waals surface area contributed by atoms with E-state index in [9.17, 15) is 29.1 Å². The number of hydrogen-bond donors (Lipinski definition) is 4. The highest BCUT2D eigenvalue weighted by Crippen LogP contribution is 2.24. The zero-order chi connectivity index (χ0) is 23.3. The Labute approximate surface area is 184 Å². The van der Waals surface area contributed by atoms with Gasteiger partial charge in [-0.15, -0.1) is 11.3 Å². The van der Waals surface area contributed by atoms with Crippen LogP contribution in [0.2, 0.25) is 0 Å². The van der Waals surface area contributed by atoms with E-state index in [-0.39, 0.29) is 27.9 Å². The Morgan fingerprint density at radius 1 is 1.39 bits per heavy atom. The van der Waals surface area contributed by atoms with Gasteiger partial charge in [0.25, 0.3) is 17.7 Å². The van der Waals surface area contributed by atoms with Gasteiger partial charge in [-0.2, -0.15) is 12.6 Å². The van der Waals surface area contributed by atoms with Crippen LogP contribution in [0.4, 0.5) is 5.13 Å². The number of likely N-dealkylation sites (tertiary alicyclic amines) is 1. The summed E-state index contributed by atoms with van der Waals surface area (Å²) in [5, 5.41) is 16.7. The molecule has 1 aliphatic rings. The van der Waals surface area contributed by atoms with Gasteiger partial charge >= 0.3 is 11.9 Å². The minimum absolute atomic E-state index is 0.0581. The number of amides is 3. The molecule has 0 radical (unpaired) electrons. The number of carbonyl (C=O) groups excluding carboxylic acids is 4. The van der Waals surface area contributed by atoms with Gasteiger partial charge in [-0.1, -0.05) is 5.16 Å². The van der Waals surface area contributed by atoms with E-state index in [2.05, 4.69) is 32.9 Å². The third-order valence-electron chi connectivity index (χ3n) is 3.77. The third-order valence-corrected chi connectivity index (χ3v) is 4.83. The summed E-state index contributed by atoms with van der Waals surface area (Å²) in [6.45, 7) is 0.627. The lowest BCUT2D eigenvalue weighted by Crippen LogP contribution is -2.68. The SMILES string of the molecule is CO/N=C(\C(=O)NC1C(=O)N(C(C(=O)O)=C(CS)COC(C)=O)C1=O)c1csc(N)n1. The summed E-state index contributed by atoms with van der Waals surface area (Å²) in [7, 11) is 1.18. The fraction of sp³-hybridized carbons (Fsp3) is 0.312. The fourth-order valence-electron chi connectivity index (χ4n) is 2.42. The number of carboxylic acids is 1. The fourth-order valence-corrected chi connectivity index (χ4v) is 3.21. The Morgan fingerprint density at radius 3 is 2.48 bits per heavy atom. The van der Waals surface area contributed by atoms with Crippen LogP contribution in [0.1, 0.15) is 12.6 Å². The number of esters is 1. The van der Waals surface area contributed by atoms with Crippen LogP contribution in [-0.2, 0) is 33.5 Å². The van der Waals surface area contributed by atoms with Crippen LogP contribution < -0.4 is 11.1 Å². The molecule has 13 nitrogen and oxygen atoms in total. The normalized spacial score (nSPS) is 15.2. The number of nitrogens with one attached hydrogen (secondary N) is 1. The molecule has 2 heterocycles. The second kappa shape index (κ2) is 10.0. The van der Waals surface area contributed by atoms with Crippen LogP contribution in [0.5, 0.6) is 0 Å². The van der Waals surface area contributed by atoms with Crippen molar-refractivity contribution >= 4 is 64.5 Å². The first-order valence-electron chi connectivity index (χ1n) is 8.33.